The number of aliphatic hydroxyl groups is 1. The van der Waals surface area contributed by atoms with Crippen LogP contribution in [0.3, 0.4) is 0 Å². The summed E-state index contributed by atoms with van der Waals surface area (Å²) in [6.45, 7) is 6.08. The van der Waals surface area contributed by atoms with Gasteiger partial charge in [-0.2, -0.15) is 5.10 Å². The predicted molar refractivity (Wildman–Crippen MR) is 71.8 cm³/mol. The molecule has 0 radical (unpaired) electrons. The van der Waals surface area contributed by atoms with Crippen LogP contribution >= 0.6 is 15.9 Å². The van der Waals surface area contributed by atoms with Crippen molar-refractivity contribution in [3.05, 3.63) is 16.4 Å². The van der Waals surface area contributed by atoms with Crippen molar-refractivity contribution in [1.29, 1.82) is 0 Å². The third kappa shape index (κ3) is 2.58. The van der Waals surface area contributed by atoms with Gasteiger partial charge >= 0.3 is 0 Å². The van der Waals surface area contributed by atoms with Gasteiger partial charge in [-0.25, -0.2) is 0 Å². The topological polar surface area (TPSA) is 38.0 Å². The normalized spacial score (nSPS) is 20.4. The molecular formula is C13H21BrN2O. The lowest BCUT2D eigenvalue weighted by Gasteiger charge is -2.34. The summed E-state index contributed by atoms with van der Waals surface area (Å²) in [5, 5.41) is 15.1. The molecule has 1 fully saturated rings. The number of aromatic nitrogens is 2. The van der Waals surface area contributed by atoms with Crippen molar-refractivity contribution in [3.8, 4) is 0 Å². The van der Waals surface area contributed by atoms with Gasteiger partial charge in [-0.1, -0.05) is 19.3 Å². The third-order valence-corrected chi connectivity index (χ3v) is 4.24. The highest BCUT2D eigenvalue weighted by Gasteiger charge is 2.35. The minimum Gasteiger partial charge on any atom is -0.384 e. The Morgan fingerprint density at radius 2 is 2.24 bits per heavy atom. The van der Waals surface area contributed by atoms with E-state index in [4.69, 9.17) is 0 Å². The van der Waals surface area contributed by atoms with Gasteiger partial charge in [0.15, 0.2) is 0 Å². The zero-order valence-corrected chi connectivity index (χ0v) is 12.4. The molecule has 1 aliphatic rings. The van der Waals surface area contributed by atoms with E-state index in [-0.39, 0.29) is 6.04 Å². The molecule has 0 aromatic carbocycles. The quantitative estimate of drug-likeness (QED) is 0.922. The molecule has 1 aromatic rings. The van der Waals surface area contributed by atoms with Crippen molar-refractivity contribution in [3.63, 3.8) is 0 Å². The Hall–Kier alpha value is -0.350. The smallest absolute Gasteiger partial charge is 0.105 e. The first kappa shape index (κ1) is 13.1. The van der Waals surface area contributed by atoms with Gasteiger partial charge in [0.25, 0.3) is 0 Å². The number of rotatable bonds is 4. The molecule has 4 heteroatoms. The largest absolute Gasteiger partial charge is 0.384 e. The van der Waals surface area contributed by atoms with E-state index in [2.05, 4.69) is 34.9 Å². The van der Waals surface area contributed by atoms with Crippen molar-refractivity contribution in [2.24, 2.45) is 5.92 Å². The molecule has 0 bridgehead atoms. The molecule has 1 unspecified atom stereocenters. The van der Waals surface area contributed by atoms with Gasteiger partial charge in [0.1, 0.15) is 5.60 Å². The Kier molecular flexibility index (Phi) is 3.64. The highest BCUT2D eigenvalue weighted by atomic mass is 79.9. The molecule has 1 heterocycles. The van der Waals surface area contributed by atoms with E-state index >= 15 is 0 Å². The summed E-state index contributed by atoms with van der Waals surface area (Å²) in [5.74, 6) is 0.674. The van der Waals surface area contributed by atoms with E-state index in [0.717, 1.165) is 16.6 Å². The molecule has 1 atom stereocenters. The molecule has 1 saturated carbocycles. The van der Waals surface area contributed by atoms with Gasteiger partial charge in [-0.3, -0.25) is 4.68 Å². The second kappa shape index (κ2) is 4.73. The lowest BCUT2D eigenvalue weighted by molar-refractivity contribution is 0.00665. The molecule has 3 nitrogen and oxygen atoms in total. The van der Waals surface area contributed by atoms with E-state index in [9.17, 15) is 5.11 Å². The van der Waals surface area contributed by atoms with Gasteiger partial charge in [0.2, 0.25) is 0 Å². The van der Waals surface area contributed by atoms with Crippen molar-refractivity contribution in [1.82, 2.24) is 9.78 Å². The Labute approximate surface area is 111 Å². The van der Waals surface area contributed by atoms with E-state index in [1.165, 1.54) is 19.3 Å². The fraction of sp³-hybridized carbons (Fsp3) is 0.769. The maximum absolute atomic E-state index is 10.7. The molecule has 0 spiro atoms. The molecule has 96 valence electrons. The zero-order valence-electron chi connectivity index (χ0n) is 10.8. The van der Waals surface area contributed by atoms with Crippen LogP contribution in [-0.2, 0) is 5.60 Å². The Morgan fingerprint density at radius 3 is 2.71 bits per heavy atom. The highest BCUT2D eigenvalue weighted by Crippen LogP contribution is 2.40. The fourth-order valence-corrected chi connectivity index (χ4v) is 3.29. The van der Waals surface area contributed by atoms with Crippen LogP contribution in [0, 0.1) is 5.92 Å². The lowest BCUT2D eigenvalue weighted by atomic mass is 9.77. The molecule has 2 rings (SSSR count). The van der Waals surface area contributed by atoms with E-state index in [1.54, 1.807) is 6.20 Å². The standard InChI is InChI=1S/C13H21BrN2O/c1-9(2)16-12(11(14)8-15-16)13(3,17)7-10-5-4-6-10/h8-10,17H,4-7H2,1-3H3. The van der Waals surface area contributed by atoms with Crippen LogP contribution in [0.25, 0.3) is 0 Å². The molecule has 1 aliphatic carbocycles. The number of halogens is 1. The molecule has 17 heavy (non-hydrogen) atoms. The first-order chi connectivity index (χ1) is 7.92. The Morgan fingerprint density at radius 1 is 1.59 bits per heavy atom. The first-order valence-electron chi connectivity index (χ1n) is 6.37. The molecule has 0 amide bonds. The minimum absolute atomic E-state index is 0.268. The summed E-state index contributed by atoms with van der Waals surface area (Å²) in [6.07, 6.45) is 6.44. The summed E-state index contributed by atoms with van der Waals surface area (Å²) in [4.78, 5) is 0. The zero-order chi connectivity index (χ0) is 12.6. The second-order valence-corrected chi connectivity index (χ2v) is 6.51. The van der Waals surface area contributed by atoms with Crippen LogP contribution in [0.1, 0.15) is 58.2 Å². The summed E-state index contributed by atoms with van der Waals surface area (Å²) in [5.41, 5.74) is 0.129. The Bertz CT molecular complexity index is 394. The van der Waals surface area contributed by atoms with E-state index in [1.807, 2.05) is 11.6 Å². The summed E-state index contributed by atoms with van der Waals surface area (Å²) >= 11 is 3.51. The highest BCUT2D eigenvalue weighted by molar-refractivity contribution is 9.10. The maximum Gasteiger partial charge on any atom is 0.105 e. The summed E-state index contributed by atoms with van der Waals surface area (Å²) < 4.78 is 2.83. The van der Waals surface area contributed by atoms with Crippen molar-refractivity contribution >= 4 is 15.9 Å². The van der Waals surface area contributed by atoms with Gasteiger partial charge in [0.05, 0.1) is 16.4 Å². The maximum atomic E-state index is 10.7. The van der Waals surface area contributed by atoms with Crippen molar-refractivity contribution in [2.75, 3.05) is 0 Å². The van der Waals surface area contributed by atoms with Crippen LogP contribution in [0.4, 0.5) is 0 Å². The lowest BCUT2D eigenvalue weighted by Crippen LogP contribution is -2.31. The number of nitrogens with zero attached hydrogens (tertiary/aromatic N) is 2. The van der Waals surface area contributed by atoms with E-state index < -0.39 is 5.60 Å². The average Bonchev–Trinajstić information content (AvgIpc) is 2.55. The van der Waals surface area contributed by atoms with Gasteiger partial charge in [-0.05, 0) is 49.0 Å². The Balaban J connectivity index is 2.26. The predicted octanol–water partition coefficient (Wildman–Crippen LogP) is 3.62. The van der Waals surface area contributed by atoms with Crippen LogP contribution in [0.5, 0.6) is 0 Å². The molecule has 0 saturated heterocycles. The monoisotopic (exact) mass is 300 g/mol. The van der Waals surface area contributed by atoms with E-state index in [0.29, 0.717) is 5.92 Å². The first-order valence-corrected chi connectivity index (χ1v) is 7.17. The molecule has 0 aliphatic heterocycles. The van der Waals surface area contributed by atoms with Crippen molar-refractivity contribution in [2.45, 2.75) is 58.1 Å². The van der Waals surface area contributed by atoms with Crippen LogP contribution < -0.4 is 0 Å². The minimum atomic E-state index is -0.787. The molecule has 1 N–H and O–H groups in total. The fourth-order valence-electron chi connectivity index (χ4n) is 2.59. The molecule has 1 aromatic heterocycles. The number of hydrogen-bond donors (Lipinski definition) is 1. The summed E-state index contributed by atoms with van der Waals surface area (Å²) in [7, 11) is 0. The van der Waals surface area contributed by atoms with Crippen LogP contribution in [0.2, 0.25) is 0 Å². The van der Waals surface area contributed by atoms with Crippen LogP contribution in [0.15, 0.2) is 10.7 Å². The third-order valence-electron chi connectivity index (χ3n) is 3.66. The van der Waals surface area contributed by atoms with Crippen LogP contribution in [-0.4, -0.2) is 14.9 Å². The average molecular weight is 301 g/mol. The SMILES string of the molecule is CC(C)n1ncc(Br)c1C(C)(O)CC1CCC1. The molecular weight excluding hydrogens is 280 g/mol. The van der Waals surface area contributed by atoms with Gasteiger partial charge in [0, 0.05) is 6.04 Å². The summed E-state index contributed by atoms with van der Waals surface area (Å²) in [6, 6.07) is 0.268. The number of hydrogen-bond acceptors (Lipinski definition) is 2. The van der Waals surface area contributed by atoms with Gasteiger partial charge in [-0.15, -0.1) is 0 Å². The second-order valence-electron chi connectivity index (χ2n) is 5.65. The van der Waals surface area contributed by atoms with Crippen molar-refractivity contribution < 1.29 is 5.11 Å². The van der Waals surface area contributed by atoms with Gasteiger partial charge < -0.3 is 5.11 Å².